The number of piperidine rings is 1. The highest BCUT2D eigenvalue weighted by Gasteiger charge is 2.60. The molecule has 4 N–H and O–H groups in total. The van der Waals surface area contributed by atoms with E-state index < -0.39 is 23.8 Å². The molecule has 0 aliphatic carbocycles. The molecule has 4 atom stereocenters. The number of hydrogen-bond donors (Lipinski definition) is 4. The summed E-state index contributed by atoms with van der Waals surface area (Å²) in [6.45, 7) is 1.38. The number of carbonyl (C=O) groups excluding carboxylic acids is 3. The number of amides is 4. The summed E-state index contributed by atoms with van der Waals surface area (Å²) in [6, 6.07) is 6.93. The first-order valence-corrected chi connectivity index (χ1v) is 10.2. The summed E-state index contributed by atoms with van der Waals surface area (Å²) in [5, 5.41) is 19.7. The molecule has 5 rings (SSSR count). The van der Waals surface area contributed by atoms with Gasteiger partial charge in [-0.25, -0.2) is 9.79 Å². The zero-order valence-corrected chi connectivity index (χ0v) is 16.5. The molecule has 0 radical (unpaired) electrons. The second-order valence-corrected chi connectivity index (χ2v) is 8.38. The van der Waals surface area contributed by atoms with Crippen molar-refractivity contribution in [3.63, 3.8) is 0 Å². The van der Waals surface area contributed by atoms with Gasteiger partial charge in [0.15, 0.2) is 6.17 Å². The predicted molar refractivity (Wildman–Crippen MR) is 109 cm³/mol. The quantitative estimate of drug-likeness (QED) is 0.567. The van der Waals surface area contributed by atoms with Gasteiger partial charge in [-0.3, -0.25) is 19.8 Å². The van der Waals surface area contributed by atoms with Crippen molar-refractivity contribution >= 4 is 35.6 Å². The Balaban J connectivity index is 1.56. The monoisotopic (exact) mass is 412 g/mol. The van der Waals surface area contributed by atoms with E-state index in [-0.39, 0.29) is 11.9 Å². The minimum atomic E-state index is -2.12. The van der Waals surface area contributed by atoms with Crippen LogP contribution in [0.4, 0.5) is 16.2 Å². The van der Waals surface area contributed by atoms with E-state index in [1.54, 1.807) is 24.3 Å². The molecule has 0 spiro atoms. The van der Waals surface area contributed by atoms with Gasteiger partial charge in [-0.05, 0) is 37.8 Å². The normalized spacial score (nSPS) is 34.7. The summed E-state index contributed by atoms with van der Waals surface area (Å²) in [7, 11) is 0. The maximum absolute atomic E-state index is 13.0. The van der Waals surface area contributed by atoms with Crippen LogP contribution in [0, 0.1) is 0 Å². The van der Waals surface area contributed by atoms with Crippen LogP contribution in [0.5, 0.6) is 0 Å². The number of aliphatic imine (C=N–C) groups is 1. The van der Waals surface area contributed by atoms with Crippen molar-refractivity contribution in [2.45, 2.75) is 62.6 Å². The molecule has 1 aromatic rings. The molecule has 10 nitrogen and oxygen atoms in total. The van der Waals surface area contributed by atoms with E-state index in [1.807, 2.05) is 4.90 Å². The summed E-state index contributed by atoms with van der Waals surface area (Å²) in [4.78, 5) is 44.6. The third kappa shape index (κ3) is 2.86. The number of rotatable bonds is 3. The molecular formula is C20H24N6O4. The van der Waals surface area contributed by atoms with Crippen LogP contribution in [-0.4, -0.2) is 64.2 Å². The third-order valence-corrected chi connectivity index (χ3v) is 6.39. The van der Waals surface area contributed by atoms with Gasteiger partial charge in [-0.1, -0.05) is 12.1 Å². The molecular weight excluding hydrogens is 388 g/mol. The van der Waals surface area contributed by atoms with Crippen LogP contribution in [0.15, 0.2) is 29.3 Å². The molecule has 3 saturated heterocycles. The van der Waals surface area contributed by atoms with Gasteiger partial charge in [-0.2, -0.15) is 0 Å². The number of imide groups is 1. The second kappa shape index (κ2) is 6.78. The van der Waals surface area contributed by atoms with Crippen molar-refractivity contribution in [2.75, 3.05) is 10.2 Å². The Morgan fingerprint density at radius 1 is 1.23 bits per heavy atom. The van der Waals surface area contributed by atoms with E-state index >= 15 is 0 Å². The molecule has 4 aliphatic rings. The molecule has 30 heavy (non-hydrogen) atoms. The molecule has 4 unspecified atom stereocenters. The number of anilines is 2. The standard InChI is InChI=1S/C20H24N6O4/c1-11(27)22-15-4-2-3-5-16(15)26-18-20(30,17(28)24-19(26)29)21-10-25(18)14-8-12-6-7-13(9-14)23-12/h2-5,10,12-14,18,23,30H,6-9H2,1H3,(H,22,27)(H,24,28,29). The van der Waals surface area contributed by atoms with E-state index in [1.165, 1.54) is 18.2 Å². The third-order valence-electron chi connectivity index (χ3n) is 6.39. The Bertz CT molecular complexity index is 939. The maximum atomic E-state index is 13.0. The molecule has 4 amide bonds. The zero-order valence-electron chi connectivity index (χ0n) is 16.5. The predicted octanol–water partition coefficient (Wildman–Crippen LogP) is 0.343. The van der Waals surface area contributed by atoms with Gasteiger partial charge in [0.1, 0.15) is 0 Å². The Labute approximate surface area is 173 Å². The molecule has 10 heteroatoms. The van der Waals surface area contributed by atoms with Gasteiger partial charge >= 0.3 is 6.03 Å². The van der Waals surface area contributed by atoms with Crippen molar-refractivity contribution in [3.05, 3.63) is 24.3 Å². The van der Waals surface area contributed by atoms with Crippen LogP contribution in [0.1, 0.15) is 32.6 Å². The first-order valence-electron chi connectivity index (χ1n) is 10.2. The van der Waals surface area contributed by atoms with Crippen molar-refractivity contribution < 1.29 is 19.5 Å². The second-order valence-electron chi connectivity index (χ2n) is 8.38. The van der Waals surface area contributed by atoms with Gasteiger partial charge < -0.3 is 20.6 Å². The molecule has 1 aromatic carbocycles. The van der Waals surface area contributed by atoms with Gasteiger partial charge in [-0.15, -0.1) is 0 Å². The smallest absolute Gasteiger partial charge is 0.330 e. The van der Waals surface area contributed by atoms with Crippen LogP contribution in [0.3, 0.4) is 0 Å². The first-order chi connectivity index (χ1) is 14.4. The number of aliphatic hydroxyl groups is 1. The molecule has 0 saturated carbocycles. The number of urea groups is 1. The lowest BCUT2D eigenvalue weighted by Crippen LogP contribution is -2.73. The summed E-state index contributed by atoms with van der Waals surface area (Å²) >= 11 is 0. The van der Waals surface area contributed by atoms with Crippen LogP contribution in [0.25, 0.3) is 0 Å². The SMILES string of the molecule is CC(=O)Nc1ccccc1N1C(=O)NC(=O)C2(O)N=CN(C3CC4CCC(C3)N4)C12. The first kappa shape index (κ1) is 19.0. The summed E-state index contributed by atoms with van der Waals surface area (Å²) in [5.41, 5.74) is -1.33. The zero-order chi connectivity index (χ0) is 21.0. The van der Waals surface area contributed by atoms with Crippen LogP contribution >= 0.6 is 0 Å². The lowest BCUT2D eigenvalue weighted by atomic mass is 9.96. The van der Waals surface area contributed by atoms with Crippen molar-refractivity contribution in [2.24, 2.45) is 4.99 Å². The molecule has 0 aromatic heterocycles. The van der Waals surface area contributed by atoms with Gasteiger partial charge in [0.25, 0.3) is 11.6 Å². The fraction of sp³-hybridized carbons (Fsp3) is 0.500. The Hall–Kier alpha value is -2.98. The van der Waals surface area contributed by atoms with E-state index in [4.69, 9.17) is 0 Å². The van der Waals surface area contributed by atoms with Crippen molar-refractivity contribution in [1.82, 2.24) is 15.5 Å². The number of nitrogens with one attached hydrogen (secondary N) is 3. The van der Waals surface area contributed by atoms with E-state index in [0.717, 1.165) is 25.7 Å². The van der Waals surface area contributed by atoms with E-state index in [2.05, 4.69) is 20.9 Å². The summed E-state index contributed by atoms with van der Waals surface area (Å²) < 4.78 is 0. The lowest BCUT2D eigenvalue weighted by Gasteiger charge is -2.47. The van der Waals surface area contributed by atoms with Crippen LogP contribution < -0.4 is 20.9 Å². The van der Waals surface area contributed by atoms with Crippen LogP contribution in [-0.2, 0) is 9.59 Å². The lowest BCUT2D eigenvalue weighted by molar-refractivity contribution is -0.144. The van der Waals surface area contributed by atoms with Gasteiger partial charge in [0.05, 0.1) is 17.7 Å². The minimum Gasteiger partial charge on any atom is -0.359 e. The fourth-order valence-electron chi connectivity index (χ4n) is 5.13. The van der Waals surface area contributed by atoms with E-state index in [9.17, 15) is 19.5 Å². The Morgan fingerprint density at radius 3 is 2.63 bits per heavy atom. The Kier molecular flexibility index (Phi) is 4.30. The Morgan fingerprint density at radius 2 is 1.93 bits per heavy atom. The number of carbonyl (C=O) groups is 3. The average molecular weight is 412 g/mol. The molecule has 4 aliphatic heterocycles. The highest BCUT2D eigenvalue weighted by Crippen LogP contribution is 2.40. The van der Waals surface area contributed by atoms with Crippen molar-refractivity contribution in [3.8, 4) is 0 Å². The summed E-state index contributed by atoms with van der Waals surface area (Å²) in [6.07, 6.45) is 4.33. The number of para-hydroxylation sites is 2. The molecule has 2 bridgehead atoms. The molecule has 158 valence electrons. The van der Waals surface area contributed by atoms with Crippen LogP contribution in [0.2, 0.25) is 0 Å². The maximum Gasteiger partial charge on any atom is 0.330 e. The highest BCUT2D eigenvalue weighted by molar-refractivity contribution is 6.12. The topological polar surface area (TPSA) is 126 Å². The fourth-order valence-corrected chi connectivity index (χ4v) is 5.13. The minimum absolute atomic E-state index is 0.0284. The molecule has 4 heterocycles. The molecule has 3 fully saturated rings. The number of hydrogen-bond acceptors (Lipinski definition) is 7. The van der Waals surface area contributed by atoms with Gasteiger partial charge in [0.2, 0.25) is 5.91 Å². The number of fused-ring (bicyclic) bond motifs is 3. The summed E-state index contributed by atoms with van der Waals surface area (Å²) in [5.74, 6) is -1.14. The highest BCUT2D eigenvalue weighted by atomic mass is 16.3. The number of benzene rings is 1. The number of nitrogens with zero attached hydrogens (tertiary/aromatic N) is 3. The average Bonchev–Trinajstić information content (AvgIpc) is 3.23. The largest absolute Gasteiger partial charge is 0.359 e. The van der Waals surface area contributed by atoms with Crippen molar-refractivity contribution in [1.29, 1.82) is 0 Å². The van der Waals surface area contributed by atoms with Gasteiger partial charge in [0, 0.05) is 25.0 Å². The van der Waals surface area contributed by atoms with E-state index in [0.29, 0.717) is 23.5 Å².